The molecule has 1 rings (SSSR count). The van der Waals surface area contributed by atoms with Gasteiger partial charge in [-0.05, 0) is 15.9 Å². The van der Waals surface area contributed by atoms with Crippen molar-refractivity contribution in [3.05, 3.63) is 0 Å². The van der Waals surface area contributed by atoms with Crippen molar-refractivity contribution in [1.29, 1.82) is 0 Å². The van der Waals surface area contributed by atoms with Gasteiger partial charge in [0.05, 0.1) is 0 Å². The van der Waals surface area contributed by atoms with Gasteiger partial charge in [-0.1, -0.05) is 5.16 Å². The summed E-state index contributed by atoms with van der Waals surface area (Å²) in [7, 11) is 0. The molecule has 10 heteroatoms. The number of nitrogens with one attached hydrogen (secondary N) is 1. The topological polar surface area (TPSA) is 88.0 Å². The minimum atomic E-state index is -5.12. The van der Waals surface area contributed by atoms with Crippen LogP contribution in [0.2, 0.25) is 0 Å². The molecule has 1 amide bonds. The molecule has 0 fully saturated rings. The van der Waals surface area contributed by atoms with Crippen molar-refractivity contribution in [2.45, 2.75) is 31.2 Å². The van der Waals surface area contributed by atoms with E-state index in [-0.39, 0.29) is 12.8 Å². The number of aliphatic carboxylic acids is 1. The molecular weight excluding hydrogens is 325 g/mol. The van der Waals surface area contributed by atoms with Crippen molar-refractivity contribution in [2.24, 2.45) is 5.16 Å². The lowest BCUT2D eigenvalue weighted by Crippen LogP contribution is -2.48. The maximum absolute atomic E-state index is 12.0. The second-order valence-corrected chi connectivity index (χ2v) is 4.41. The molecular formula is C8H8BrF3N2O4. The van der Waals surface area contributed by atoms with Gasteiger partial charge in [-0.15, -0.1) is 0 Å². The third-order valence-corrected chi connectivity index (χ3v) is 2.52. The number of nitrogens with zero attached hydrogens (tertiary/aromatic N) is 1. The van der Waals surface area contributed by atoms with E-state index in [1.54, 1.807) is 0 Å². The van der Waals surface area contributed by atoms with Crippen LogP contribution in [0.3, 0.4) is 0 Å². The molecule has 2 atom stereocenters. The number of oxime groups is 1. The monoisotopic (exact) mass is 332 g/mol. The Bertz CT molecular complexity index is 385. The van der Waals surface area contributed by atoms with E-state index in [1.165, 1.54) is 5.32 Å². The van der Waals surface area contributed by atoms with E-state index in [4.69, 9.17) is 9.94 Å². The van der Waals surface area contributed by atoms with E-state index in [0.29, 0.717) is 4.62 Å². The van der Waals surface area contributed by atoms with Crippen molar-refractivity contribution in [3.8, 4) is 0 Å². The number of halogens is 4. The lowest BCUT2D eigenvalue weighted by molar-refractivity contribution is -0.175. The van der Waals surface area contributed by atoms with Gasteiger partial charge in [0.1, 0.15) is 16.8 Å². The fraction of sp³-hybridized carbons (Fsp3) is 0.625. The Morgan fingerprint density at radius 2 is 2.22 bits per heavy atom. The van der Waals surface area contributed by atoms with E-state index < -0.39 is 30.2 Å². The highest BCUT2D eigenvalue weighted by molar-refractivity contribution is 9.18. The molecule has 0 radical (unpaired) electrons. The highest BCUT2D eigenvalue weighted by Gasteiger charge is 2.41. The maximum Gasteiger partial charge on any atom is 0.471 e. The van der Waals surface area contributed by atoms with Gasteiger partial charge in [0, 0.05) is 12.8 Å². The summed E-state index contributed by atoms with van der Waals surface area (Å²) in [6.45, 7) is 0. The first kappa shape index (κ1) is 14.7. The normalized spacial score (nSPS) is 20.9. The predicted molar refractivity (Wildman–Crippen MR) is 56.1 cm³/mol. The minimum absolute atomic E-state index is 0.242. The van der Waals surface area contributed by atoms with Crippen LogP contribution >= 0.6 is 15.9 Å². The van der Waals surface area contributed by atoms with Gasteiger partial charge >= 0.3 is 18.1 Å². The number of hydrogen-bond donors (Lipinski definition) is 2. The van der Waals surface area contributed by atoms with Crippen LogP contribution in [0.25, 0.3) is 0 Å². The van der Waals surface area contributed by atoms with Crippen molar-refractivity contribution in [2.75, 3.05) is 0 Å². The minimum Gasteiger partial charge on any atom is -0.480 e. The van der Waals surface area contributed by atoms with Crippen molar-refractivity contribution < 1.29 is 32.7 Å². The van der Waals surface area contributed by atoms with Crippen LogP contribution in [0.4, 0.5) is 13.2 Å². The summed E-state index contributed by atoms with van der Waals surface area (Å²) in [5.74, 6) is -3.87. The molecule has 0 saturated heterocycles. The van der Waals surface area contributed by atoms with Gasteiger partial charge in [-0.2, -0.15) is 13.2 Å². The molecule has 0 aromatic carbocycles. The average molecular weight is 333 g/mol. The Kier molecular flexibility index (Phi) is 4.54. The van der Waals surface area contributed by atoms with E-state index in [9.17, 15) is 22.8 Å². The van der Waals surface area contributed by atoms with Crippen molar-refractivity contribution in [3.63, 3.8) is 0 Å². The molecule has 1 aliphatic rings. The number of hydrogen-bond acceptors (Lipinski definition) is 4. The molecule has 1 aliphatic heterocycles. The third-order valence-electron chi connectivity index (χ3n) is 2.06. The lowest BCUT2D eigenvalue weighted by Gasteiger charge is -2.17. The van der Waals surface area contributed by atoms with Gasteiger partial charge in [0.15, 0.2) is 0 Å². The Hall–Kier alpha value is -1.32. The summed E-state index contributed by atoms with van der Waals surface area (Å²) in [5.41, 5.74) is 0. The van der Waals surface area contributed by atoms with Gasteiger partial charge in [0.25, 0.3) is 0 Å². The molecule has 1 heterocycles. The predicted octanol–water partition coefficient (Wildman–Crippen LogP) is 1.01. The highest BCUT2D eigenvalue weighted by atomic mass is 79.9. The Balaban J connectivity index is 2.56. The maximum atomic E-state index is 12.0. The summed E-state index contributed by atoms with van der Waals surface area (Å²) in [5, 5.41) is 13.6. The fourth-order valence-corrected chi connectivity index (χ4v) is 1.69. The summed E-state index contributed by atoms with van der Waals surface area (Å²) in [4.78, 5) is 26.1. The molecule has 0 aliphatic carbocycles. The van der Waals surface area contributed by atoms with E-state index >= 15 is 0 Å². The van der Waals surface area contributed by atoms with E-state index in [2.05, 4.69) is 21.1 Å². The zero-order valence-corrected chi connectivity index (χ0v) is 10.3. The number of carboxylic acids is 1. The largest absolute Gasteiger partial charge is 0.480 e. The van der Waals surface area contributed by atoms with Gasteiger partial charge in [0.2, 0.25) is 0 Å². The molecule has 6 nitrogen and oxygen atoms in total. The van der Waals surface area contributed by atoms with E-state index in [0.717, 1.165) is 0 Å². The third kappa shape index (κ3) is 4.17. The summed E-state index contributed by atoms with van der Waals surface area (Å²) in [6.07, 6.45) is -5.88. The molecule has 0 aromatic heterocycles. The standard InChI is InChI=1S/C8H8BrF3N2O4/c9-5-2-3(18-14-5)1-4(6(15)16)13-7(17)8(10,11)12/h3-4H,1-2H2,(H,13,17)(H,15,16)/t3-,4-/m0/s1. The summed E-state index contributed by atoms with van der Waals surface area (Å²) in [6, 6.07) is -1.68. The number of carboxylic acid groups (broad SMARTS) is 1. The smallest absolute Gasteiger partial charge is 0.471 e. The van der Waals surface area contributed by atoms with Crippen LogP contribution in [-0.2, 0) is 14.4 Å². The Morgan fingerprint density at radius 1 is 1.61 bits per heavy atom. The highest BCUT2D eigenvalue weighted by Crippen LogP contribution is 2.20. The van der Waals surface area contributed by atoms with Crippen LogP contribution in [0.1, 0.15) is 12.8 Å². The van der Waals surface area contributed by atoms with Gasteiger partial charge in [-0.3, -0.25) is 4.79 Å². The van der Waals surface area contributed by atoms with E-state index in [1.807, 2.05) is 0 Å². The number of carbonyl (C=O) groups excluding carboxylic acids is 1. The molecule has 18 heavy (non-hydrogen) atoms. The number of rotatable bonds is 4. The second-order valence-electron chi connectivity index (χ2n) is 3.50. The zero-order chi connectivity index (χ0) is 13.9. The Morgan fingerprint density at radius 3 is 2.61 bits per heavy atom. The van der Waals surface area contributed by atoms with Crippen LogP contribution < -0.4 is 5.32 Å². The second kappa shape index (κ2) is 5.55. The van der Waals surface area contributed by atoms with Crippen molar-refractivity contribution >= 4 is 32.4 Å². The van der Waals surface area contributed by atoms with Crippen LogP contribution in [0, 0.1) is 0 Å². The van der Waals surface area contributed by atoms with Crippen LogP contribution in [-0.4, -0.2) is 39.9 Å². The quantitative estimate of drug-likeness (QED) is 0.804. The SMILES string of the molecule is O=C(O)[C@H](C[C@H]1CC(Br)=NO1)NC(=O)C(F)(F)F. The number of amides is 1. The molecule has 102 valence electrons. The molecule has 0 spiro atoms. The number of carbonyl (C=O) groups is 2. The number of alkyl halides is 3. The summed E-state index contributed by atoms with van der Waals surface area (Å²) >= 11 is 3.00. The lowest BCUT2D eigenvalue weighted by atomic mass is 10.1. The Labute approximate surface area is 107 Å². The molecule has 2 N–H and O–H groups in total. The van der Waals surface area contributed by atoms with Gasteiger partial charge < -0.3 is 15.3 Å². The molecule has 0 aromatic rings. The first-order valence-electron chi connectivity index (χ1n) is 4.69. The fourth-order valence-electron chi connectivity index (χ4n) is 1.24. The first-order valence-corrected chi connectivity index (χ1v) is 5.48. The molecule has 0 unspecified atom stereocenters. The molecule has 0 saturated carbocycles. The zero-order valence-electron chi connectivity index (χ0n) is 8.70. The summed E-state index contributed by atoms with van der Waals surface area (Å²) < 4.78 is 36.4. The van der Waals surface area contributed by atoms with Gasteiger partial charge in [-0.25, -0.2) is 4.79 Å². The first-order chi connectivity index (χ1) is 8.20. The van der Waals surface area contributed by atoms with Crippen LogP contribution in [0.5, 0.6) is 0 Å². The van der Waals surface area contributed by atoms with Crippen molar-refractivity contribution in [1.82, 2.24) is 5.32 Å². The average Bonchev–Trinajstić information content (AvgIpc) is 2.61. The van der Waals surface area contributed by atoms with Crippen LogP contribution in [0.15, 0.2) is 5.16 Å². The molecule has 0 bridgehead atoms.